The van der Waals surface area contributed by atoms with E-state index in [-0.39, 0.29) is 30.2 Å². The third kappa shape index (κ3) is 3.92. The Morgan fingerprint density at radius 2 is 1.83 bits per heavy atom. The lowest BCUT2D eigenvalue weighted by Crippen LogP contribution is -2.42. The van der Waals surface area contributed by atoms with Crippen molar-refractivity contribution in [3.8, 4) is 0 Å². The second-order valence-corrected chi connectivity index (χ2v) is 12.7. The molecule has 3 heterocycles. The molecule has 1 spiro atoms. The molecule has 5 aliphatic rings. The minimum absolute atomic E-state index is 0.0127. The second-order valence-electron chi connectivity index (χ2n) is 12.7. The fourth-order valence-electron chi connectivity index (χ4n) is 8.22. The van der Waals surface area contributed by atoms with Crippen molar-refractivity contribution in [2.45, 2.75) is 38.6 Å². The van der Waals surface area contributed by atoms with Gasteiger partial charge in [-0.15, -0.1) is 0 Å². The molecule has 0 radical (unpaired) electrons. The lowest BCUT2D eigenvalue weighted by atomic mass is 9.88. The minimum Gasteiger partial charge on any atom is -0.371 e. The number of amides is 3. The SMILES string of the molecule is O=C(NC[C@@H]1C[C@@H]2C=C[C@@H]1C21CC1)C1CCN(c2cccc3c2C(=O)N(Cc2cnc4ccccc4c2)C3=O)CC1. The van der Waals surface area contributed by atoms with Crippen LogP contribution < -0.4 is 10.2 Å². The number of allylic oxidation sites excluding steroid dienone is 2. The van der Waals surface area contributed by atoms with E-state index in [0.29, 0.717) is 41.5 Å². The molecule has 41 heavy (non-hydrogen) atoms. The second kappa shape index (κ2) is 9.26. The Hall–Kier alpha value is -4.00. The van der Waals surface area contributed by atoms with Crippen LogP contribution in [0.1, 0.15) is 58.4 Å². The number of anilines is 1. The van der Waals surface area contributed by atoms with Gasteiger partial charge in [-0.05, 0) is 85.1 Å². The third-order valence-corrected chi connectivity index (χ3v) is 10.6. The lowest BCUT2D eigenvalue weighted by molar-refractivity contribution is -0.125. The molecule has 1 saturated heterocycles. The number of hydrogen-bond donors (Lipinski definition) is 1. The predicted octanol–water partition coefficient (Wildman–Crippen LogP) is 4.97. The topological polar surface area (TPSA) is 82.6 Å². The van der Waals surface area contributed by atoms with Crippen LogP contribution in [0.4, 0.5) is 5.69 Å². The number of nitrogens with zero attached hydrogens (tertiary/aromatic N) is 3. The number of rotatable bonds is 6. The van der Waals surface area contributed by atoms with Crippen molar-refractivity contribution in [2.75, 3.05) is 24.5 Å². The summed E-state index contributed by atoms with van der Waals surface area (Å²) in [4.78, 5) is 48.1. The van der Waals surface area contributed by atoms with Gasteiger partial charge >= 0.3 is 0 Å². The third-order valence-electron chi connectivity index (χ3n) is 10.6. The van der Waals surface area contributed by atoms with Crippen molar-refractivity contribution >= 4 is 34.3 Å². The number of pyridine rings is 1. The zero-order valence-corrected chi connectivity index (χ0v) is 23.1. The quantitative estimate of drug-likeness (QED) is 0.349. The normalized spacial score (nSPS) is 25.9. The van der Waals surface area contributed by atoms with Crippen LogP contribution in [0.2, 0.25) is 0 Å². The Balaban J connectivity index is 0.920. The molecule has 3 aromatic rings. The maximum Gasteiger partial charge on any atom is 0.263 e. The Bertz CT molecular complexity index is 1620. The van der Waals surface area contributed by atoms with E-state index in [0.717, 1.165) is 47.5 Å². The van der Waals surface area contributed by atoms with Crippen molar-refractivity contribution in [1.29, 1.82) is 0 Å². The van der Waals surface area contributed by atoms with Crippen LogP contribution in [0.3, 0.4) is 0 Å². The molecule has 3 aliphatic carbocycles. The van der Waals surface area contributed by atoms with Crippen LogP contribution in [0.5, 0.6) is 0 Å². The number of carbonyl (C=O) groups is 3. The Morgan fingerprint density at radius 3 is 2.63 bits per heavy atom. The molecule has 2 bridgehead atoms. The van der Waals surface area contributed by atoms with Gasteiger partial charge in [-0.3, -0.25) is 24.3 Å². The summed E-state index contributed by atoms with van der Waals surface area (Å²) in [5, 5.41) is 4.27. The van der Waals surface area contributed by atoms with Crippen molar-refractivity contribution in [1.82, 2.24) is 15.2 Å². The molecule has 3 amide bonds. The summed E-state index contributed by atoms with van der Waals surface area (Å²) in [5.41, 5.74) is 3.98. The molecule has 3 atom stereocenters. The first kappa shape index (κ1) is 24.8. The largest absolute Gasteiger partial charge is 0.371 e. The van der Waals surface area contributed by atoms with E-state index in [2.05, 4.69) is 27.4 Å². The van der Waals surface area contributed by atoms with Gasteiger partial charge in [-0.2, -0.15) is 0 Å². The molecular formula is C34H34N4O3. The smallest absolute Gasteiger partial charge is 0.263 e. The zero-order valence-electron chi connectivity index (χ0n) is 23.1. The Morgan fingerprint density at radius 1 is 1.00 bits per heavy atom. The van der Waals surface area contributed by atoms with Gasteiger partial charge in [0.1, 0.15) is 0 Å². The highest BCUT2D eigenvalue weighted by Crippen LogP contribution is 2.69. The van der Waals surface area contributed by atoms with E-state index < -0.39 is 0 Å². The minimum atomic E-state index is -0.266. The van der Waals surface area contributed by atoms with Crippen molar-refractivity contribution in [2.24, 2.45) is 29.1 Å². The summed E-state index contributed by atoms with van der Waals surface area (Å²) in [6.45, 7) is 2.35. The maximum absolute atomic E-state index is 13.6. The summed E-state index contributed by atoms with van der Waals surface area (Å²) >= 11 is 0. The van der Waals surface area contributed by atoms with Gasteiger partial charge in [-0.25, -0.2) is 0 Å². The Kier molecular flexibility index (Phi) is 5.60. The van der Waals surface area contributed by atoms with E-state index in [1.807, 2.05) is 42.5 Å². The van der Waals surface area contributed by atoms with Gasteiger partial charge in [0.05, 0.1) is 28.9 Å². The van der Waals surface area contributed by atoms with Crippen LogP contribution in [-0.2, 0) is 11.3 Å². The number of piperidine rings is 1. The molecule has 1 aromatic heterocycles. The average Bonchev–Trinajstić information content (AvgIpc) is 3.62. The standard InChI is InChI=1S/C34H34N4O3/c39-31(36-19-24-17-25-8-9-27(24)34(25)12-13-34)22-10-14-37(15-11-22)29-7-3-5-26-30(29)33(41)38(32(26)40)20-21-16-23-4-1-2-6-28(23)35-18-21/h1-9,16,18,22,24-25,27H,10-15,17,19-20H2,(H,36,39)/t24-,25-,27-/m0/s1. The molecule has 7 nitrogen and oxygen atoms in total. The molecule has 0 unspecified atom stereocenters. The first-order valence-corrected chi connectivity index (χ1v) is 15.1. The summed E-state index contributed by atoms with van der Waals surface area (Å²) in [5.74, 6) is 1.61. The van der Waals surface area contributed by atoms with Gasteiger partial charge in [0.15, 0.2) is 0 Å². The van der Waals surface area contributed by atoms with Crippen LogP contribution in [0.25, 0.3) is 10.9 Å². The fourth-order valence-corrected chi connectivity index (χ4v) is 8.22. The molecule has 2 aliphatic heterocycles. The van der Waals surface area contributed by atoms with Gasteiger partial charge in [0.25, 0.3) is 11.8 Å². The molecular weight excluding hydrogens is 512 g/mol. The summed E-state index contributed by atoms with van der Waals surface area (Å²) < 4.78 is 0. The summed E-state index contributed by atoms with van der Waals surface area (Å²) in [6.07, 6.45) is 12.0. The zero-order chi connectivity index (χ0) is 27.7. The monoisotopic (exact) mass is 546 g/mol. The van der Waals surface area contributed by atoms with Crippen molar-refractivity contribution in [3.05, 3.63) is 83.6 Å². The number of nitrogens with one attached hydrogen (secondary N) is 1. The lowest BCUT2D eigenvalue weighted by Gasteiger charge is -2.34. The summed E-state index contributed by atoms with van der Waals surface area (Å²) in [6, 6.07) is 15.3. The highest BCUT2D eigenvalue weighted by Gasteiger charge is 2.62. The molecule has 3 fully saturated rings. The number of carbonyl (C=O) groups excluding carboxylic acids is 3. The van der Waals surface area contributed by atoms with Gasteiger partial charge < -0.3 is 10.2 Å². The van der Waals surface area contributed by atoms with E-state index in [1.165, 1.54) is 24.2 Å². The number of aromatic nitrogens is 1. The van der Waals surface area contributed by atoms with Crippen molar-refractivity contribution < 1.29 is 14.4 Å². The van der Waals surface area contributed by atoms with Crippen LogP contribution in [0, 0.1) is 29.1 Å². The van der Waals surface area contributed by atoms with Crippen LogP contribution in [-0.4, -0.2) is 47.2 Å². The van der Waals surface area contributed by atoms with Crippen LogP contribution in [0.15, 0.2) is 66.9 Å². The van der Waals surface area contributed by atoms with E-state index in [4.69, 9.17) is 0 Å². The first-order chi connectivity index (χ1) is 20.0. The highest BCUT2D eigenvalue weighted by atomic mass is 16.2. The number of fused-ring (bicyclic) bond motifs is 2. The molecule has 7 heteroatoms. The van der Waals surface area contributed by atoms with E-state index in [1.54, 1.807) is 12.3 Å². The predicted molar refractivity (Wildman–Crippen MR) is 156 cm³/mol. The van der Waals surface area contributed by atoms with Gasteiger partial charge in [0, 0.05) is 37.1 Å². The first-order valence-electron chi connectivity index (χ1n) is 15.1. The number of para-hydroxylation sites is 1. The maximum atomic E-state index is 13.6. The molecule has 8 rings (SSSR count). The molecule has 2 aromatic carbocycles. The van der Waals surface area contributed by atoms with Gasteiger partial charge in [-0.1, -0.05) is 36.4 Å². The number of hydrogen-bond acceptors (Lipinski definition) is 5. The molecule has 208 valence electrons. The highest BCUT2D eigenvalue weighted by molar-refractivity contribution is 6.23. The van der Waals surface area contributed by atoms with E-state index in [9.17, 15) is 14.4 Å². The molecule has 2 saturated carbocycles. The Labute approximate surface area is 239 Å². The van der Waals surface area contributed by atoms with Crippen LogP contribution >= 0.6 is 0 Å². The summed E-state index contributed by atoms with van der Waals surface area (Å²) in [7, 11) is 0. The average molecular weight is 547 g/mol. The van der Waals surface area contributed by atoms with Gasteiger partial charge in [0.2, 0.25) is 5.91 Å². The van der Waals surface area contributed by atoms with Crippen molar-refractivity contribution in [3.63, 3.8) is 0 Å². The van der Waals surface area contributed by atoms with E-state index >= 15 is 0 Å². The number of imide groups is 1. The molecule has 1 N–H and O–H groups in total. The number of benzene rings is 2. The fraction of sp³-hybridized carbons (Fsp3) is 0.412.